The Bertz CT molecular complexity index is 267. The highest BCUT2D eigenvalue weighted by molar-refractivity contribution is 8.23. The molecule has 0 heterocycles. The van der Waals surface area contributed by atoms with E-state index in [0.29, 0.717) is 0 Å². The number of thiocarbonyl (C=S) groups is 1. The highest BCUT2D eigenvalue weighted by Crippen LogP contribution is 2.15. The molecule has 1 aromatic carbocycles. The van der Waals surface area contributed by atoms with E-state index in [0.717, 1.165) is 9.95 Å². The standard InChI is InChI=1S/C12H16S2/c1-2-3-7-10-14-12(13)11-8-5-4-6-9-11/h4-6,8-9H,2-3,7,10H2,1H3. The van der Waals surface area contributed by atoms with E-state index < -0.39 is 0 Å². The van der Waals surface area contributed by atoms with Crippen LogP contribution in [0.4, 0.5) is 0 Å². The fourth-order valence-electron chi connectivity index (χ4n) is 1.17. The van der Waals surface area contributed by atoms with Crippen LogP contribution in [0.5, 0.6) is 0 Å². The number of thioether (sulfide) groups is 1. The second-order valence-corrected chi connectivity index (χ2v) is 4.98. The zero-order valence-corrected chi connectivity index (χ0v) is 10.2. The van der Waals surface area contributed by atoms with Gasteiger partial charge in [-0.15, -0.1) is 11.8 Å². The third-order valence-electron chi connectivity index (χ3n) is 1.99. The van der Waals surface area contributed by atoms with Gasteiger partial charge < -0.3 is 0 Å². The quantitative estimate of drug-likeness (QED) is 0.540. The van der Waals surface area contributed by atoms with Crippen molar-refractivity contribution in [3.05, 3.63) is 35.9 Å². The zero-order chi connectivity index (χ0) is 10.2. The first-order valence-electron chi connectivity index (χ1n) is 5.06. The first kappa shape index (κ1) is 11.7. The Balaban J connectivity index is 2.29. The highest BCUT2D eigenvalue weighted by atomic mass is 32.2. The summed E-state index contributed by atoms with van der Waals surface area (Å²) >= 11 is 7.13. The summed E-state index contributed by atoms with van der Waals surface area (Å²) in [5.74, 6) is 1.15. The molecule has 0 atom stereocenters. The van der Waals surface area contributed by atoms with Crippen LogP contribution < -0.4 is 0 Å². The van der Waals surface area contributed by atoms with E-state index in [1.54, 1.807) is 11.8 Å². The van der Waals surface area contributed by atoms with Gasteiger partial charge in [-0.2, -0.15) is 0 Å². The van der Waals surface area contributed by atoms with Crippen LogP contribution >= 0.6 is 24.0 Å². The maximum Gasteiger partial charge on any atom is 0.0778 e. The Hall–Kier alpha value is -0.340. The molecule has 0 aliphatic carbocycles. The van der Waals surface area contributed by atoms with E-state index in [1.165, 1.54) is 24.8 Å². The smallest absolute Gasteiger partial charge is 0.0778 e. The summed E-state index contributed by atoms with van der Waals surface area (Å²) in [6.45, 7) is 2.22. The van der Waals surface area contributed by atoms with Crippen LogP contribution in [0.1, 0.15) is 31.7 Å². The molecule has 1 aromatic rings. The maximum absolute atomic E-state index is 5.33. The van der Waals surface area contributed by atoms with Gasteiger partial charge in [-0.25, -0.2) is 0 Å². The summed E-state index contributed by atoms with van der Waals surface area (Å²) in [4.78, 5) is 0. The van der Waals surface area contributed by atoms with Crippen molar-refractivity contribution in [2.75, 3.05) is 5.75 Å². The van der Waals surface area contributed by atoms with E-state index in [2.05, 4.69) is 19.1 Å². The lowest BCUT2D eigenvalue weighted by molar-refractivity contribution is 0.779. The SMILES string of the molecule is CCCCCSC(=S)c1ccccc1. The molecular formula is C12H16S2. The third kappa shape index (κ3) is 4.25. The summed E-state index contributed by atoms with van der Waals surface area (Å²) in [5.41, 5.74) is 1.18. The fraction of sp³-hybridized carbons (Fsp3) is 0.417. The molecule has 0 N–H and O–H groups in total. The Morgan fingerprint density at radius 2 is 1.93 bits per heavy atom. The van der Waals surface area contributed by atoms with Gasteiger partial charge in [0.25, 0.3) is 0 Å². The average molecular weight is 224 g/mol. The summed E-state index contributed by atoms with van der Waals surface area (Å²) in [7, 11) is 0. The molecule has 0 radical (unpaired) electrons. The molecule has 1 rings (SSSR count). The molecule has 14 heavy (non-hydrogen) atoms. The molecule has 0 fully saturated rings. The van der Waals surface area contributed by atoms with Crippen molar-refractivity contribution in [1.82, 2.24) is 0 Å². The topological polar surface area (TPSA) is 0 Å². The van der Waals surface area contributed by atoms with Gasteiger partial charge in [-0.05, 0) is 17.7 Å². The van der Waals surface area contributed by atoms with Gasteiger partial charge in [0.15, 0.2) is 0 Å². The number of hydrogen-bond donors (Lipinski definition) is 0. The van der Waals surface area contributed by atoms with Gasteiger partial charge in [0.2, 0.25) is 0 Å². The molecule has 2 heteroatoms. The van der Waals surface area contributed by atoms with Gasteiger partial charge >= 0.3 is 0 Å². The molecule has 0 bridgehead atoms. The van der Waals surface area contributed by atoms with Crippen LogP contribution in [0.15, 0.2) is 30.3 Å². The Morgan fingerprint density at radius 1 is 1.21 bits per heavy atom. The highest BCUT2D eigenvalue weighted by Gasteiger charge is 1.99. The molecule has 0 spiro atoms. The lowest BCUT2D eigenvalue weighted by Crippen LogP contribution is -1.92. The van der Waals surface area contributed by atoms with Crippen LogP contribution in [0, 0.1) is 0 Å². The van der Waals surface area contributed by atoms with Gasteiger partial charge in [0.05, 0.1) is 4.20 Å². The normalized spacial score (nSPS) is 10.1. The van der Waals surface area contributed by atoms with Crippen molar-refractivity contribution in [3.8, 4) is 0 Å². The summed E-state index contributed by atoms with van der Waals surface area (Å²) < 4.78 is 1.03. The molecule has 0 aromatic heterocycles. The van der Waals surface area contributed by atoms with E-state index in [1.807, 2.05) is 18.2 Å². The largest absolute Gasteiger partial charge is 0.114 e. The van der Waals surface area contributed by atoms with Crippen molar-refractivity contribution >= 4 is 28.2 Å². The predicted molar refractivity (Wildman–Crippen MR) is 70.1 cm³/mol. The van der Waals surface area contributed by atoms with Gasteiger partial charge in [0.1, 0.15) is 0 Å². The summed E-state index contributed by atoms with van der Waals surface area (Å²) in [6.07, 6.45) is 3.86. The molecule has 0 unspecified atom stereocenters. The minimum Gasteiger partial charge on any atom is -0.114 e. The van der Waals surface area contributed by atoms with Crippen LogP contribution in [-0.4, -0.2) is 9.95 Å². The van der Waals surface area contributed by atoms with Crippen molar-refractivity contribution in [2.45, 2.75) is 26.2 Å². The molecule has 0 nitrogen and oxygen atoms in total. The molecule has 0 aliphatic heterocycles. The molecule has 76 valence electrons. The number of unbranched alkanes of at least 4 members (excludes halogenated alkanes) is 2. The number of hydrogen-bond acceptors (Lipinski definition) is 2. The molecule has 0 aliphatic rings. The summed E-state index contributed by atoms with van der Waals surface area (Å²) in [5, 5.41) is 0. The van der Waals surface area contributed by atoms with Crippen LogP contribution in [0.2, 0.25) is 0 Å². The molecule has 0 amide bonds. The van der Waals surface area contributed by atoms with Crippen LogP contribution in [-0.2, 0) is 0 Å². The fourth-order valence-corrected chi connectivity index (χ4v) is 2.40. The van der Waals surface area contributed by atoms with Gasteiger partial charge in [-0.3, -0.25) is 0 Å². The molecular weight excluding hydrogens is 208 g/mol. The monoisotopic (exact) mass is 224 g/mol. The zero-order valence-electron chi connectivity index (χ0n) is 8.53. The average Bonchev–Trinajstić information content (AvgIpc) is 2.25. The van der Waals surface area contributed by atoms with Gasteiger partial charge in [-0.1, -0.05) is 62.3 Å². The molecule has 0 saturated heterocycles. The van der Waals surface area contributed by atoms with Crippen LogP contribution in [0.25, 0.3) is 0 Å². The van der Waals surface area contributed by atoms with E-state index in [-0.39, 0.29) is 0 Å². The van der Waals surface area contributed by atoms with E-state index >= 15 is 0 Å². The van der Waals surface area contributed by atoms with Crippen LogP contribution in [0.3, 0.4) is 0 Å². The Kier molecular flexibility index (Phi) is 5.88. The Morgan fingerprint density at radius 3 is 2.57 bits per heavy atom. The van der Waals surface area contributed by atoms with Gasteiger partial charge in [0, 0.05) is 0 Å². The predicted octanol–water partition coefficient (Wildman–Crippen LogP) is 4.29. The minimum atomic E-state index is 1.03. The van der Waals surface area contributed by atoms with Crippen molar-refractivity contribution in [1.29, 1.82) is 0 Å². The van der Waals surface area contributed by atoms with E-state index in [9.17, 15) is 0 Å². The first-order valence-corrected chi connectivity index (χ1v) is 6.46. The Labute approximate surface area is 96.1 Å². The number of benzene rings is 1. The molecule has 0 saturated carbocycles. The van der Waals surface area contributed by atoms with E-state index in [4.69, 9.17) is 12.2 Å². The van der Waals surface area contributed by atoms with Crippen molar-refractivity contribution in [3.63, 3.8) is 0 Å². The van der Waals surface area contributed by atoms with Crippen molar-refractivity contribution in [2.24, 2.45) is 0 Å². The lowest BCUT2D eigenvalue weighted by Gasteiger charge is -2.02. The lowest BCUT2D eigenvalue weighted by atomic mass is 10.2. The number of rotatable bonds is 5. The minimum absolute atomic E-state index is 1.03. The maximum atomic E-state index is 5.33. The first-order chi connectivity index (χ1) is 6.84. The van der Waals surface area contributed by atoms with Crippen molar-refractivity contribution < 1.29 is 0 Å². The second-order valence-electron chi connectivity index (χ2n) is 3.21. The second kappa shape index (κ2) is 7.02. The third-order valence-corrected chi connectivity index (χ3v) is 3.57. The summed E-state index contributed by atoms with van der Waals surface area (Å²) in [6, 6.07) is 10.3.